The summed E-state index contributed by atoms with van der Waals surface area (Å²) in [7, 11) is 0. The van der Waals surface area contributed by atoms with Crippen LogP contribution in [0, 0.1) is 6.92 Å². The lowest BCUT2D eigenvalue weighted by atomic mass is 10.1. The molecule has 0 aliphatic rings. The van der Waals surface area contributed by atoms with Crippen LogP contribution < -0.4 is 10.5 Å². The van der Waals surface area contributed by atoms with Crippen molar-refractivity contribution in [2.75, 3.05) is 0 Å². The highest BCUT2D eigenvalue weighted by Crippen LogP contribution is 2.29. The van der Waals surface area contributed by atoms with Crippen molar-refractivity contribution >= 4 is 21.8 Å². The minimum atomic E-state index is 0.00153. The number of aryl methyl sites for hydroxylation is 1. The predicted molar refractivity (Wildman–Crippen MR) is 75.7 cm³/mol. The molecule has 5 nitrogen and oxygen atoms in total. The average Bonchev–Trinajstić information content (AvgIpc) is 2.40. The number of halogens is 1. The van der Waals surface area contributed by atoms with E-state index >= 15 is 0 Å². The molecule has 0 bridgehead atoms. The van der Waals surface area contributed by atoms with Gasteiger partial charge in [-0.15, -0.1) is 0 Å². The van der Waals surface area contributed by atoms with E-state index in [-0.39, 0.29) is 5.84 Å². The number of hydrogen-bond acceptors (Lipinski definition) is 4. The summed E-state index contributed by atoms with van der Waals surface area (Å²) in [6.45, 7) is 1.88. The van der Waals surface area contributed by atoms with Crippen LogP contribution in [0.4, 0.5) is 0 Å². The van der Waals surface area contributed by atoms with Gasteiger partial charge < -0.3 is 15.7 Å². The summed E-state index contributed by atoms with van der Waals surface area (Å²) in [5, 5.41) is 11.8. The van der Waals surface area contributed by atoms with Gasteiger partial charge in [0.05, 0.1) is 11.8 Å². The van der Waals surface area contributed by atoms with Gasteiger partial charge in [0.15, 0.2) is 5.84 Å². The first kappa shape index (κ1) is 13.4. The van der Waals surface area contributed by atoms with Crippen LogP contribution in [0.2, 0.25) is 0 Å². The molecule has 0 spiro atoms. The first-order chi connectivity index (χ1) is 9.11. The van der Waals surface area contributed by atoms with Gasteiger partial charge in [0.1, 0.15) is 11.5 Å². The number of oxime groups is 1. The summed E-state index contributed by atoms with van der Waals surface area (Å²) >= 11 is 3.32. The number of hydrogen-bond donors (Lipinski definition) is 2. The van der Waals surface area contributed by atoms with Crippen molar-refractivity contribution in [1.29, 1.82) is 0 Å². The zero-order valence-corrected chi connectivity index (χ0v) is 11.8. The van der Waals surface area contributed by atoms with E-state index in [4.69, 9.17) is 15.7 Å². The molecule has 2 aromatic rings. The van der Waals surface area contributed by atoms with Crippen LogP contribution in [-0.2, 0) is 0 Å². The number of para-hydroxylation sites is 1. The van der Waals surface area contributed by atoms with Crippen molar-refractivity contribution < 1.29 is 9.94 Å². The second kappa shape index (κ2) is 5.71. The number of nitrogens with two attached hydrogens (primary N) is 1. The standard InChI is InChI=1S/C13H12BrN3O2/c1-8-3-2-4-11(13(15)17-18)12(8)19-10-5-9(14)6-16-7-10/h2-7,18H,1H3,(H2,15,17). The Balaban J connectivity index is 2.44. The third kappa shape index (κ3) is 3.03. The number of nitrogens with zero attached hydrogens (tertiary/aromatic N) is 2. The Morgan fingerprint density at radius 2 is 2.21 bits per heavy atom. The first-order valence-electron chi connectivity index (χ1n) is 5.47. The summed E-state index contributed by atoms with van der Waals surface area (Å²) in [6, 6.07) is 7.21. The molecule has 0 saturated heterocycles. The highest BCUT2D eigenvalue weighted by molar-refractivity contribution is 9.10. The summed E-state index contributed by atoms with van der Waals surface area (Å²) in [5.74, 6) is 1.11. The Kier molecular flexibility index (Phi) is 4.01. The van der Waals surface area contributed by atoms with E-state index in [2.05, 4.69) is 26.1 Å². The molecule has 3 N–H and O–H groups in total. The van der Waals surface area contributed by atoms with E-state index in [0.717, 1.165) is 10.0 Å². The molecule has 0 aliphatic carbocycles. The molecule has 0 aliphatic heterocycles. The number of aromatic nitrogens is 1. The van der Waals surface area contributed by atoms with Crippen molar-refractivity contribution in [2.45, 2.75) is 6.92 Å². The van der Waals surface area contributed by atoms with E-state index in [1.807, 2.05) is 19.1 Å². The first-order valence-corrected chi connectivity index (χ1v) is 6.27. The maximum atomic E-state index is 8.80. The van der Waals surface area contributed by atoms with Crippen LogP contribution in [0.5, 0.6) is 11.5 Å². The van der Waals surface area contributed by atoms with E-state index in [1.165, 1.54) is 0 Å². The van der Waals surface area contributed by atoms with E-state index in [9.17, 15) is 0 Å². The Hall–Kier alpha value is -2.08. The van der Waals surface area contributed by atoms with Gasteiger partial charge in [-0.2, -0.15) is 0 Å². The lowest BCUT2D eigenvalue weighted by Crippen LogP contribution is -2.14. The SMILES string of the molecule is Cc1cccc(/C(N)=N/O)c1Oc1cncc(Br)c1. The Bertz CT molecular complexity index is 629. The fourth-order valence-electron chi connectivity index (χ4n) is 1.61. The molecule has 1 aromatic carbocycles. The van der Waals surface area contributed by atoms with Crippen LogP contribution in [-0.4, -0.2) is 16.0 Å². The summed E-state index contributed by atoms with van der Waals surface area (Å²) < 4.78 is 6.59. The minimum Gasteiger partial charge on any atom is -0.455 e. The lowest BCUT2D eigenvalue weighted by molar-refractivity contribution is 0.318. The van der Waals surface area contributed by atoms with Gasteiger partial charge in [0.25, 0.3) is 0 Å². The molecule has 1 heterocycles. The van der Waals surface area contributed by atoms with Crippen molar-refractivity contribution in [3.05, 3.63) is 52.3 Å². The molecule has 0 saturated carbocycles. The number of benzene rings is 1. The highest BCUT2D eigenvalue weighted by Gasteiger charge is 2.12. The third-order valence-corrected chi connectivity index (χ3v) is 2.93. The van der Waals surface area contributed by atoms with Gasteiger partial charge in [-0.1, -0.05) is 17.3 Å². The third-order valence-electron chi connectivity index (χ3n) is 2.50. The topological polar surface area (TPSA) is 80.7 Å². The molecule has 19 heavy (non-hydrogen) atoms. The summed E-state index contributed by atoms with van der Waals surface area (Å²) in [5.41, 5.74) is 7.05. The van der Waals surface area contributed by atoms with Gasteiger partial charge in [-0.3, -0.25) is 4.98 Å². The van der Waals surface area contributed by atoms with Crippen LogP contribution in [0.1, 0.15) is 11.1 Å². The molecule has 0 radical (unpaired) electrons. The maximum Gasteiger partial charge on any atom is 0.173 e. The largest absolute Gasteiger partial charge is 0.455 e. The Morgan fingerprint density at radius 3 is 2.89 bits per heavy atom. The zero-order chi connectivity index (χ0) is 13.8. The van der Waals surface area contributed by atoms with Crippen molar-refractivity contribution in [1.82, 2.24) is 4.98 Å². The van der Waals surface area contributed by atoms with Gasteiger partial charge in [0, 0.05) is 10.7 Å². The van der Waals surface area contributed by atoms with Crippen LogP contribution in [0.3, 0.4) is 0 Å². The fraction of sp³-hybridized carbons (Fsp3) is 0.0769. The van der Waals surface area contributed by atoms with Gasteiger partial charge >= 0.3 is 0 Å². The van der Waals surface area contributed by atoms with Crippen LogP contribution in [0.25, 0.3) is 0 Å². The maximum absolute atomic E-state index is 8.80. The number of ether oxygens (including phenoxy) is 1. The van der Waals surface area contributed by atoms with Gasteiger partial charge in [0.2, 0.25) is 0 Å². The summed E-state index contributed by atoms with van der Waals surface area (Å²) in [4.78, 5) is 4.02. The molecule has 0 fully saturated rings. The predicted octanol–water partition coefficient (Wildman–Crippen LogP) is 3.04. The normalized spacial score (nSPS) is 11.4. The molecule has 0 atom stereocenters. The van der Waals surface area contributed by atoms with E-state index < -0.39 is 0 Å². The lowest BCUT2D eigenvalue weighted by Gasteiger charge is -2.12. The van der Waals surface area contributed by atoms with Crippen LogP contribution >= 0.6 is 15.9 Å². The average molecular weight is 322 g/mol. The Morgan fingerprint density at radius 1 is 1.42 bits per heavy atom. The quantitative estimate of drug-likeness (QED) is 0.394. The van der Waals surface area contributed by atoms with Gasteiger partial charge in [-0.05, 0) is 40.5 Å². The molecule has 2 rings (SSSR count). The fourth-order valence-corrected chi connectivity index (χ4v) is 1.95. The monoisotopic (exact) mass is 321 g/mol. The van der Waals surface area contributed by atoms with E-state index in [1.54, 1.807) is 24.5 Å². The molecule has 1 aromatic heterocycles. The van der Waals surface area contributed by atoms with Crippen LogP contribution in [0.15, 0.2) is 46.3 Å². The van der Waals surface area contributed by atoms with E-state index in [0.29, 0.717) is 17.1 Å². The second-order valence-electron chi connectivity index (χ2n) is 3.88. The number of amidine groups is 1. The molecule has 98 valence electrons. The second-order valence-corrected chi connectivity index (χ2v) is 4.79. The van der Waals surface area contributed by atoms with Crippen molar-refractivity contribution in [2.24, 2.45) is 10.9 Å². The Labute approximate surface area is 118 Å². The van der Waals surface area contributed by atoms with Gasteiger partial charge in [-0.25, -0.2) is 0 Å². The molecule has 0 unspecified atom stereocenters. The molecular formula is C13H12BrN3O2. The molecule has 6 heteroatoms. The minimum absolute atomic E-state index is 0.00153. The van der Waals surface area contributed by atoms with Crippen molar-refractivity contribution in [3.63, 3.8) is 0 Å². The molecular weight excluding hydrogens is 310 g/mol. The molecule has 0 amide bonds. The highest BCUT2D eigenvalue weighted by atomic mass is 79.9. The number of rotatable bonds is 3. The number of pyridine rings is 1. The smallest absolute Gasteiger partial charge is 0.173 e. The zero-order valence-electron chi connectivity index (χ0n) is 10.2. The summed E-state index contributed by atoms with van der Waals surface area (Å²) in [6.07, 6.45) is 3.25. The van der Waals surface area contributed by atoms with Crippen molar-refractivity contribution in [3.8, 4) is 11.5 Å².